The summed E-state index contributed by atoms with van der Waals surface area (Å²) in [4.78, 5) is 34.7. The molecule has 2 fully saturated rings. The number of carbonyl (C=O) groups is 1. The number of fused-ring (bicyclic) bond motifs is 1. The number of aromatic nitrogens is 2. The first-order chi connectivity index (χ1) is 20.5. The van der Waals surface area contributed by atoms with E-state index < -0.39 is 18.0 Å². The molecule has 2 amide bonds. The minimum atomic E-state index is -0.957. The molecule has 3 atom stereocenters. The Morgan fingerprint density at radius 2 is 1.79 bits per heavy atom. The first-order valence-electron chi connectivity index (χ1n) is 15.5. The lowest BCUT2D eigenvalue weighted by atomic mass is 9.93. The molecule has 12 heteroatoms. The Kier molecular flexibility index (Phi) is 9.57. The van der Waals surface area contributed by atoms with Crippen LogP contribution in [0.15, 0.2) is 29.1 Å². The molecule has 0 aliphatic carbocycles. The minimum Gasteiger partial charge on any atom is -0.366 e. The molecule has 43 heavy (non-hydrogen) atoms. The Labute approximate surface area is 251 Å². The zero-order valence-electron chi connectivity index (χ0n) is 25.5. The largest absolute Gasteiger partial charge is 0.366 e. The summed E-state index contributed by atoms with van der Waals surface area (Å²) in [6, 6.07) is 3.83. The second-order valence-electron chi connectivity index (χ2n) is 12.6. The van der Waals surface area contributed by atoms with Gasteiger partial charge in [-0.1, -0.05) is 18.2 Å². The molecule has 0 saturated carbocycles. The van der Waals surface area contributed by atoms with Crippen LogP contribution in [0, 0.1) is 11.6 Å². The SMILES string of the molecule is CC(C)N(C(C)C)C(O)N1C[C@H](NC(=O)N2CCC(n3c4c([nH]c3=O)NCC=C4)CC2)CC[C@@H](c2cccc(F)c2F)C1. The fraction of sp³-hybridized carbons (Fsp3) is 0.613. The number of likely N-dealkylation sites (tertiary alicyclic amines) is 2. The van der Waals surface area contributed by atoms with Gasteiger partial charge in [0.15, 0.2) is 18.0 Å². The van der Waals surface area contributed by atoms with Gasteiger partial charge >= 0.3 is 11.7 Å². The number of anilines is 1. The number of nitrogens with one attached hydrogen (secondary N) is 3. The van der Waals surface area contributed by atoms with Crippen LogP contribution in [-0.2, 0) is 0 Å². The average Bonchev–Trinajstić information content (AvgIpc) is 3.16. The molecular weight excluding hydrogens is 556 g/mol. The fourth-order valence-corrected chi connectivity index (χ4v) is 6.99. The van der Waals surface area contributed by atoms with Crippen LogP contribution in [0.4, 0.5) is 19.4 Å². The van der Waals surface area contributed by atoms with E-state index in [-0.39, 0.29) is 41.8 Å². The molecule has 236 valence electrons. The topological polar surface area (TPSA) is 109 Å². The summed E-state index contributed by atoms with van der Waals surface area (Å²) in [5, 5.41) is 17.9. The van der Waals surface area contributed by atoms with Crippen molar-refractivity contribution in [2.24, 2.45) is 0 Å². The molecule has 10 nitrogen and oxygen atoms in total. The summed E-state index contributed by atoms with van der Waals surface area (Å²) in [6.07, 6.45) is 5.37. The number of benzene rings is 1. The molecule has 3 aliphatic heterocycles. The first-order valence-corrected chi connectivity index (χ1v) is 15.5. The predicted molar refractivity (Wildman–Crippen MR) is 163 cm³/mol. The third-order valence-electron chi connectivity index (χ3n) is 9.06. The van der Waals surface area contributed by atoms with Gasteiger partial charge in [0.1, 0.15) is 5.82 Å². The van der Waals surface area contributed by atoms with E-state index in [1.54, 1.807) is 15.5 Å². The normalized spacial score (nSPS) is 22.5. The lowest BCUT2D eigenvalue weighted by Gasteiger charge is -2.42. The van der Waals surface area contributed by atoms with E-state index in [4.69, 9.17) is 0 Å². The van der Waals surface area contributed by atoms with Gasteiger partial charge < -0.3 is 20.6 Å². The highest BCUT2D eigenvalue weighted by Gasteiger charge is 2.36. The fourth-order valence-electron chi connectivity index (χ4n) is 6.99. The summed E-state index contributed by atoms with van der Waals surface area (Å²) in [7, 11) is 0. The Morgan fingerprint density at radius 1 is 1.07 bits per heavy atom. The smallest absolute Gasteiger partial charge is 0.327 e. The number of aliphatic hydroxyl groups excluding tert-OH is 1. The molecule has 0 bridgehead atoms. The maximum Gasteiger partial charge on any atom is 0.327 e. The number of urea groups is 1. The second kappa shape index (κ2) is 13.2. The number of rotatable bonds is 7. The number of halogens is 2. The maximum atomic E-state index is 14.9. The zero-order valence-corrected chi connectivity index (χ0v) is 25.5. The number of hydrogen-bond donors (Lipinski definition) is 4. The van der Waals surface area contributed by atoms with E-state index in [2.05, 4.69) is 15.6 Å². The number of amides is 2. The van der Waals surface area contributed by atoms with E-state index >= 15 is 0 Å². The van der Waals surface area contributed by atoms with Crippen LogP contribution in [0.1, 0.15) is 76.6 Å². The number of hydrogen-bond acceptors (Lipinski definition) is 6. The van der Waals surface area contributed by atoms with Crippen LogP contribution in [0.5, 0.6) is 0 Å². The third-order valence-corrected chi connectivity index (χ3v) is 9.06. The monoisotopic (exact) mass is 601 g/mol. The molecule has 1 aromatic heterocycles. The van der Waals surface area contributed by atoms with Crippen LogP contribution < -0.4 is 16.3 Å². The molecular formula is C31H45F2N7O3. The molecule has 4 N–H and O–H groups in total. The Morgan fingerprint density at radius 3 is 2.49 bits per heavy atom. The third kappa shape index (κ3) is 6.66. The van der Waals surface area contributed by atoms with Crippen LogP contribution >= 0.6 is 0 Å². The van der Waals surface area contributed by atoms with E-state index in [1.165, 1.54) is 6.07 Å². The Bertz CT molecular complexity index is 1360. The van der Waals surface area contributed by atoms with E-state index in [9.17, 15) is 23.5 Å². The number of H-pyrrole nitrogens is 1. The number of piperidine rings is 1. The molecule has 5 rings (SSSR count). The van der Waals surface area contributed by atoms with Crippen molar-refractivity contribution in [3.05, 3.63) is 57.7 Å². The zero-order chi connectivity index (χ0) is 30.8. The van der Waals surface area contributed by atoms with Crippen molar-refractivity contribution in [3.8, 4) is 0 Å². The van der Waals surface area contributed by atoms with Crippen molar-refractivity contribution in [2.75, 3.05) is 38.0 Å². The van der Waals surface area contributed by atoms with Gasteiger partial charge in [0.05, 0.1) is 5.69 Å². The Balaban J connectivity index is 1.28. The van der Waals surface area contributed by atoms with Gasteiger partial charge in [-0.05, 0) is 77.0 Å². The van der Waals surface area contributed by atoms with Crippen LogP contribution in [0.3, 0.4) is 0 Å². The molecule has 2 saturated heterocycles. The number of carbonyl (C=O) groups excluding carboxylic acids is 1. The van der Waals surface area contributed by atoms with Crippen molar-refractivity contribution in [1.29, 1.82) is 0 Å². The summed E-state index contributed by atoms with van der Waals surface area (Å²) < 4.78 is 30.9. The predicted octanol–water partition coefficient (Wildman–Crippen LogP) is 3.88. The lowest BCUT2D eigenvalue weighted by molar-refractivity contribution is -0.139. The summed E-state index contributed by atoms with van der Waals surface area (Å²) >= 11 is 0. The lowest BCUT2D eigenvalue weighted by Crippen LogP contribution is -2.57. The first kappa shape index (κ1) is 31.2. The average molecular weight is 602 g/mol. The van der Waals surface area contributed by atoms with Crippen LogP contribution in [0.25, 0.3) is 6.08 Å². The van der Waals surface area contributed by atoms with E-state index in [1.807, 2.05) is 49.6 Å². The van der Waals surface area contributed by atoms with Gasteiger partial charge in [-0.2, -0.15) is 0 Å². The van der Waals surface area contributed by atoms with Crippen molar-refractivity contribution in [3.63, 3.8) is 0 Å². The number of imidazole rings is 1. The quantitative estimate of drug-likeness (QED) is 0.359. The second-order valence-corrected chi connectivity index (χ2v) is 12.6. The molecule has 1 unspecified atom stereocenters. The molecule has 3 aliphatic rings. The van der Waals surface area contributed by atoms with Crippen LogP contribution in [-0.4, -0.2) is 92.6 Å². The van der Waals surface area contributed by atoms with Gasteiger partial charge in [0, 0.05) is 56.9 Å². The highest BCUT2D eigenvalue weighted by molar-refractivity contribution is 5.74. The van der Waals surface area contributed by atoms with Gasteiger partial charge in [-0.25, -0.2) is 18.4 Å². The highest BCUT2D eigenvalue weighted by Crippen LogP contribution is 2.32. The molecule has 0 radical (unpaired) electrons. The molecule has 4 heterocycles. The summed E-state index contributed by atoms with van der Waals surface area (Å²) in [5.41, 5.74) is 0.988. The number of aromatic amines is 1. The van der Waals surface area contributed by atoms with Gasteiger partial charge in [-0.3, -0.25) is 19.4 Å². The van der Waals surface area contributed by atoms with E-state index in [0.29, 0.717) is 64.0 Å². The minimum absolute atomic E-state index is 0.00964. The molecule has 0 spiro atoms. The molecule has 2 aromatic rings. The van der Waals surface area contributed by atoms with E-state index in [0.717, 1.165) is 17.6 Å². The highest BCUT2D eigenvalue weighted by atomic mass is 19.2. The molecule has 1 aromatic carbocycles. The summed E-state index contributed by atoms with van der Waals surface area (Å²) in [5.74, 6) is -1.36. The van der Waals surface area contributed by atoms with Gasteiger partial charge in [0.2, 0.25) is 0 Å². The number of nitrogens with zero attached hydrogens (tertiary/aromatic N) is 4. The van der Waals surface area contributed by atoms with Gasteiger partial charge in [-0.15, -0.1) is 0 Å². The maximum absolute atomic E-state index is 14.9. The van der Waals surface area contributed by atoms with Crippen molar-refractivity contribution in [1.82, 2.24) is 29.6 Å². The van der Waals surface area contributed by atoms with Crippen molar-refractivity contribution in [2.45, 2.75) is 89.8 Å². The van der Waals surface area contributed by atoms with Crippen molar-refractivity contribution < 1.29 is 18.7 Å². The standard InChI is InChI=1S/C31H45F2N7O3/c1-19(2)39(20(3)4)31(43)38-17-21(24-7-5-8-25(32)27(24)33)10-11-22(18-38)35-29(41)37-15-12-23(13-16-37)40-26-9-6-14-34-28(26)36-30(40)42/h5-9,19-23,31,34,43H,10-18H2,1-4H3,(H,35,41)(H,36,42)/t21-,22-,31?/m1/s1. The number of aliphatic hydroxyl groups is 1. The summed E-state index contributed by atoms with van der Waals surface area (Å²) in [6.45, 7) is 10.4. The van der Waals surface area contributed by atoms with Gasteiger partial charge in [0.25, 0.3) is 0 Å². The van der Waals surface area contributed by atoms with Crippen molar-refractivity contribution >= 4 is 17.9 Å². The van der Waals surface area contributed by atoms with Crippen LogP contribution in [0.2, 0.25) is 0 Å². The Hall–Kier alpha value is -3.22.